The fourth-order valence-corrected chi connectivity index (χ4v) is 2.90. The van der Waals surface area contributed by atoms with Crippen molar-refractivity contribution in [2.75, 3.05) is 20.8 Å². The predicted octanol–water partition coefficient (Wildman–Crippen LogP) is 3.46. The van der Waals surface area contributed by atoms with Crippen molar-refractivity contribution in [1.82, 2.24) is 0 Å². The first-order chi connectivity index (χ1) is 11.7. The number of methoxy groups -OCH3 is 2. The van der Waals surface area contributed by atoms with Gasteiger partial charge in [-0.1, -0.05) is 44.9 Å². The smallest absolute Gasteiger partial charge is 0.232 e. The van der Waals surface area contributed by atoms with Gasteiger partial charge in [-0.25, -0.2) is 0 Å². The first-order valence-corrected chi connectivity index (χ1v) is 8.88. The van der Waals surface area contributed by atoms with Crippen LogP contribution in [0.5, 0.6) is 0 Å². The van der Waals surface area contributed by atoms with Crippen molar-refractivity contribution in [3.63, 3.8) is 0 Å². The highest BCUT2D eigenvalue weighted by molar-refractivity contribution is 6.48. The lowest BCUT2D eigenvalue weighted by Gasteiger charge is -2.18. The van der Waals surface area contributed by atoms with Gasteiger partial charge >= 0.3 is 0 Å². The number of unbranched alkanes of at least 4 members (excludes halogenated alkanes) is 8. The highest BCUT2D eigenvalue weighted by Gasteiger charge is 2.29. The van der Waals surface area contributed by atoms with Crippen LogP contribution in [0, 0.1) is 0 Å². The normalized spacial score (nSPS) is 14.9. The predicted molar refractivity (Wildman–Crippen MR) is 92.4 cm³/mol. The lowest BCUT2D eigenvalue weighted by atomic mass is 9.94. The van der Waals surface area contributed by atoms with E-state index in [0.29, 0.717) is 30.1 Å². The molecule has 1 aliphatic rings. The van der Waals surface area contributed by atoms with Crippen LogP contribution >= 0.6 is 0 Å². The van der Waals surface area contributed by atoms with E-state index in [1.165, 1.54) is 46.0 Å². The molecule has 5 heteroatoms. The zero-order valence-electron chi connectivity index (χ0n) is 14.9. The molecule has 1 N–H and O–H groups in total. The summed E-state index contributed by atoms with van der Waals surface area (Å²) in [6, 6.07) is 0. The van der Waals surface area contributed by atoms with Crippen molar-refractivity contribution in [3.8, 4) is 0 Å². The Hall–Kier alpha value is -1.62. The Balaban J connectivity index is 2.30. The minimum atomic E-state index is -0.537. The SMILES string of the molecule is COC1=CC(=O)C(=O)C(CCCCCCCCCCCO)=C1OC. The van der Waals surface area contributed by atoms with Crippen molar-refractivity contribution in [1.29, 1.82) is 0 Å². The molecule has 0 radical (unpaired) electrons. The van der Waals surface area contributed by atoms with Gasteiger partial charge in [0.05, 0.1) is 14.2 Å². The largest absolute Gasteiger partial charge is 0.493 e. The lowest BCUT2D eigenvalue weighted by molar-refractivity contribution is -0.132. The molecule has 0 aliphatic heterocycles. The maximum absolute atomic E-state index is 12.0. The summed E-state index contributed by atoms with van der Waals surface area (Å²) in [5.74, 6) is -0.284. The molecule has 24 heavy (non-hydrogen) atoms. The Bertz CT molecular complexity index is 476. The maximum Gasteiger partial charge on any atom is 0.232 e. The van der Waals surface area contributed by atoms with Crippen LogP contribution in [0.15, 0.2) is 23.2 Å². The Kier molecular flexibility index (Phi) is 10.1. The van der Waals surface area contributed by atoms with Gasteiger partial charge in [-0.15, -0.1) is 0 Å². The van der Waals surface area contributed by atoms with E-state index in [-0.39, 0.29) is 0 Å². The van der Waals surface area contributed by atoms with Gasteiger partial charge in [-0.3, -0.25) is 9.59 Å². The number of ketones is 2. The lowest BCUT2D eigenvalue weighted by Crippen LogP contribution is -2.22. The van der Waals surface area contributed by atoms with E-state index >= 15 is 0 Å². The van der Waals surface area contributed by atoms with Crippen molar-refractivity contribution >= 4 is 11.6 Å². The molecule has 0 aromatic rings. The van der Waals surface area contributed by atoms with Crippen LogP contribution < -0.4 is 0 Å². The quantitative estimate of drug-likeness (QED) is 0.316. The van der Waals surface area contributed by atoms with E-state index < -0.39 is 11.6 Å². The van der Waals surface area contributed by atoms with Crippen LogP contribution in [0.2, 0.25) is 0 Å². The summed E-state index contributed by atoms with van der Waals surface area (Å²) in [5, 5.41) is 8.71. The van der Waals surface area contributed by atoms with Crippen molar-refractivity contribution in [2.45, 2.75) is 64.2 Å². The first kappa shape index (κ1) is 20.4. The fraction of sp³-hybridized carbons (Fsp3) is 0.684. The molecule has 136 valence electrons. The summed E-state index contributed by atoms with van der Waals surface area (Å²) >= 11 is 0. The zero-order chi connectivity index (χ0) is 17.8. The summed E-state index contributed by atoms with van der Waals surface area (Å²) in [6.07, 6.45) is 11.6. The summed E-state index contributed by atoms with van der Waals surface area (Å²) in [7, 11) is 2.95. The average Bonchev–Trinajstić information content (AvgIpc) is 2.59. The molecule has 0 saturated carbocycles. The number of carbonyl (C=O) groups is 2. The second kappa shape index (κ2) is 11.8. The van der Waals surface area contributed by atoms with Crippen molar-refractivity contribution in [3.05, 3.63) is 23.2 Å². The average molecular weight is 338 g/mol. The highest BCUT2D eigenvalue weighted by Crippen LogP contribution is 2.26. The van der Waals surface area contributed by atoms with Crippen LogP contribution in [0.3, 0.4) is 0 Å². The molecule has 0 aromatic carbocycles. The minimum Gasteiger partial charge on any atom is -0.493 e. The number of aliphatic hydroxyl groups excluding tert-OH is 1. The van der Waals surface area contributed by atoms with E-state index in [9.17, 15) is 9.59 Å². The number of ether oxygens (including phenoxy) is 2. The van der Waals surface area contributed by atoms with Crippen molar-refractivity contribution in [2.24, 2.45) is 0 Å². The number of Topliss-reactive ketones (excluding diaryl/α,β-unsaturated/α-hetero) is 1. The summed E-state index contributed by atoms with van der Waals surface area (Å²) in [4.78, 5) is 23.7. The van der Waals surface area contributed by atoms with Gasteiger partial charge in [0, 0.05) is 18.3 Å². The zero-order valence-corrected chi connectivity index (χ0v) is 14.9. The maximum atomic E-state index is 12.0. The fourth-order valence-electron chi connectivity index (χ4n) is 2.90. The van der Waals surface area contributed by atoms with Gasteiger partial charge in [0.15, 0.2) is 11.5 Å². The minimum absolute atomic E-state index is 0.292. The molecule has 1 rings (SSSR count). The molecule has 0 atom stereocenters. The molecule has 0 fully saturated rings. The van der Waals surface area contributed by atoms with E-state index in [0.717, 1.165) is 32.1 Å². The monoisotopic (exact) mass is 338 g/mol. The van der Waals surface area contributed by atoms with Gasteiger partial charge in [0.25, 0.3) is 0 Å². The van der Waals surface area contributed by atoms with Crippen molar-refractivity contribution < 1.29 is 24.2 Å². The van der Waals surface area contributed by atoms with Crippen LogP contribution in [0.1, 0.15) is 64.2 Å². The molecule has 0 heterocycles. The number of hydrogen-bond acceptors (Lipinski definition) is 5. The molecule has 5 nitrogen and oxygen atoms in total. The molecule has 1 aliphatic carbocycles. The van der Waals surface area contributed by atoms with Crippen LogP contribution in [0.4, 0.5) is 0 Å². The summed E-state index contributed by atoms with van der Waals surface area (Å²) < 4.78 is 10.4. The molecule has 0 saturated heterocycles. The van der Waals surface area contributed by atoms with E-state index in [2.05, 4.69) is 0 Å². The van der Waals surface area contributed by atoms with Gasteiger partial charge < -0.3 is 14.6 Å². The second-order valence-corrected chi connectivity index (χ2v) is 6.07. The second-order valence-electron chi connectivity index (χ2n) is 6.07. The van der Waals surface area contributed by atoms with Gasteiger partial charge in [0.2, 0.25) is 11.6 Å². The number of aliphatic hydroxyl groups is 1. The highest BCUT2D eigenvalue weighted by atomic mass is 16.5. The summed E-state index contributed by atoms with van der Waals surface area (Å²) in [5.41, 5.74) is 0.436. The van der Waals surface area contributed by atoms with Crippen LogP contribution in [0.25, 0.3) is 0 Å². The Morgan fingerprint density at radius 1 is 0.833 bits per heavy atom. The molecular weight excluding hydrogens is 308 g/mol. The third-order valence-electron chi connectivity index (χ3n) is 4.27. The standard InChI is InChI=1S/C19H30O5/c1-23-17-14-16(21)18(22)15(19(17)24-2)12-10-8-6-4-3-5-7-9-11-13-20/h14,20H,3-13H2,1-2H3. The Labute approximate surface area is 144 Å². The third-order valence-corrected chi connectivity index (χ3v) is 4.27. The molecule has 0 amide bonds. The number of carbonyl (C=O) groups excluding carboxylic acids is 2. The van der Waals surface area contributed by atoms with Crippen LogP contribution in [-0.4, -0.2) is 37.5 Å². The molecule has 0 bridgehead atoms. The van der Waals surface area contributed by atoms with Crippen LogP contribution in [-0.2, 0) is 19.1 Å². The topological polar surface area (TPSA) is 72.8 Å². The number of rotatable bonds is 13. The Morgan fingerprint density at radius 3 is 1.88 bits per heavy atom. The third kappa shape index (κ3) is 6.48. The molecule has 0 spiro atoms. The number of hydrogen-bond donors (Lipinski definition) is 1. The first-order valence-electron chi connectivity index (χ1n) is 8.88. The molecular formula is C19H30O5. The Morgan fingerprint density at radius 2 is 1.38 bits per heavy atom. The van der Waals surface area contributed by atoms with E-state index in [1.807, 2.05) is 0 Å². The number of allylic oxidation sites excluding steroid dienone is 2. The van der Waals surface area contributed by atoms with Gasteiger partial charge in [-0.05, 0) is 19.3 Å². The molecule has 0 aromatic heterocycles. The van der Waals surface area contributed by atoms with Gasteiger partial charge in [0.1, 0.15) is 0 Å². The summed E-state index contributed by atoms with van der Waals surface area (Å²) in [6.45, 7) is 0.292. The van der Waals surface area contributed by atoms with E-state index in [1.54, 1.807) is 0 Å². The van der Waals surface area contributed by atoms with E-state index in [4.69, 9.17) is 14.6 Å². The molecule has 0 unspecified atom stereocenters. The van der Waals surface area contributed by atoms with Gasteiger partial charge in [-0.2, -0.15) is 0 Å².